The highest BCUT2D eigenvalue weighted by atomic mass is 35.5. The Bertz CT molecular complexity index is 1460. The average molecular weight is 639 g/mol. The molecule has 0 bridgehead atoms. The van der Waals surface area contributed by atoms with E-state index >= 15 is 0 Å². The highest BCUT2D eigenvalue weighted by Crippen LogP contribution is 2.30. The molecule has 41 heavy (non-hydrogen) atoms. The number of para-hydroxylation sites is 1. The summed E-state index contributed by atoms with van der Waals surface area (Å²) in [7, 11) is -4.21. The van der Waals surface area contributed by atoms with Crippen LogP contribution in [-0.2, 0) is 26.2 Å². The van der Waals surface area contributed by atoms with Crippen molar-refractivity contribution in [3.63, 3.8) is 0 Å². The first-order valence-electron chi connectivity index (χ1n) is 13.2. The van der Waals surface area contributed by atoms with Crippen LogP contribution in [0.5, 0.6) is 0 Å². The van der Waals surface area contributed by atoms with E-state index in [1.807, 2.05) is 13.8 Å². The first-order chi connectivity index (χ1) is 19.4. The van der Waals surface area contributed by atoms with Gasteiger partial charge in [0.05, 0.1) is 10.6 Å². The standard InChI is InChI=1S/C30H34Cl3N3O4S/c1-5-27(30(38)34-17-20(2)3)35(18-24-25(32)10-8-11-26(24)33)29(37)19-36(28-12-7-6-9-21(28)4)41(39,40)23-15-13-22(31)14-16-23/h6-16,20,27H,5,17-19H2,1-4H3,(H,34,38)/t27-/m1/s1. The molecule has 0 aliphatic carbocycles. The Morgan fingerprint density at radius 1 is 0.902 bits per heavy atom. The normalized spacial score (nSPS) is 12.2. The Morgan fingerprint density at radius 3 is 2.07 bits per heavy atom. The number of rotatable bonds is 12. The molecular formula is C30H34Cl3N3O4S. The van der Waals surface area contributed by atoms with E-state index in [-0.39, 0.29) is 29.7 Å². The first-order valence-corrected chi connectivity index (χ1v) is 15.8. The zero-order valence-electron chi connectivity index (χ0n) is 23.4. The fourth-order valence-corrected chi connectivity index (χ4v) is 6.41. The Balaban J connectivity index is 2.10. The van der Waals surface area contributed by atoms with Crippen LogP contribution in [0.3, 0.4) is 0 Å². The number of hydrogen-bond donors (Lipinski definition) is 1. The lowest BCUT2D eigenvalue weighted by Gasteiger charge is -2.34. The molecule has 11 heteroatoms. The third-order valence-electron chi connectivity index (χ3n) is 6.53. The molecule has 3 aromatic rings. The van der Waals surface area contributed by atoms with Crippen molar-refractivity contribution < 1.29 is 18.0 Å². The monoisotopic (exact) mass is 637 g/mol. The molecule has 220 valence electrons. The van der Waals surface area contributed by atoms with E-state index in [9.17, 15) is 18.0 Å². The summed E-state index contributed by atoms with van der Waals surface area (Å²) in [6, 6.07) is 16.7. The van der Waals surface area contributed by atoms with Gasteiger partial charge >= 0.3 is 0 Å². The van der Waals surface area contributed by atoms with Crippen LogP contribution in [0.1, 0.15) is 38.3 Å². The smallest absolute Gasteiger partial charge is 0.264 e. The van der Waals surface area contributed by atoms with Crippen molar-refractivity contribution in [1.82, 2.24) is 10.2 Å². The summed E-state index contributed by atoms with van der Waals surface area (Å²) in [4.78, 5) is 28.8. The van der Waals surface area contributed by atoms with E-state index < -0.39 is 28.5 Å². The number of amides is 2. The van der Waals surface area contributed by atoms with E-state index in [1.54, 1.807) is 56.3 Å². The SMILES string of the molecule is CC[C@H](C(=O)NCC(C)C)N(Cc1c(Cl)cccc1Cl)C(=O)CN(c1ccccc1C)S(=O)(=O)c1ccc(Cl)cc1. The molecule has 0 radical (unpaired) electrons. The quantitative estimate of drug-likeness (QED) is 0.238. The number of nitrogens with zero attached hydrogens (tertiary/aromatic N) is 2. The highest BCUT2D eigenvalue weighted by molar-refractivity contribution is 7.92. The lowest BCUT2D eigenvalue weighted by atomic mass is 10.1. The van der Waals surface area contributed by atoms with Gasteiger partial charge in [-0.1, -0.05) is 79.8 Å². The molecular weight excluding hydrogens is 605 g/mol. The number of carbonyl (C=O) groups is 2. The maximum atomic E-state index is 14.2. The maximum Gasteiger partial charge on any atom is 0.264 e. The molecule has 0 saturated carbocycles. The molecule has 0 aromatic heterocycles. The minimum absolute atomic E-state index is 0.0274. The molecule has 7 nitrogen and oxygen atoms in total. The number of benzene rings is 3. The van der Waals surface area contributed by atoms with E-state index in [0.29, 0.717) is 38.4 Å². The molecule has 0 unspecified atom stereocenters. The summed E-state index contributed by atoms with van der Waals surface area (Å²) in [6.07, 6.45) is 0.284. The predicted molar refractivity (Wildman–Crippen MR) is 166 cm³/mol. The second kappa shape index (κ2) is 14.4. The van der Waals surface area contributed by atoms with Crippen molar-refractivity contribution in [1.29, 1.82) is 0 Å². The van der Waals surface area contributed by atoms with Gasteiger partial charge in [-0.3, -0.25) is 13.9 Å². The number of nitrogens with one attached hydrogen (secondary N) is 1. The van der Waals surface area contributed by atoms with Crippen LogP contribution < -0.4 is 9.62 Å². The van der Waals surface area contributed by atoms with E-state index in [0.717, 1.165) is 4.31 Å². The van der Waals surface area contributed by atoms with Gasteiger partial charge in [-0.05, 0) is 67.3 Å². The van der Waals surface area contributed by atoms with Gasteiger partial charge in [0.15, 0.2) is 0 Å². The molecule has 1 atom stereocenters. The molecule has 1 N–H and O–H groups in total. The number of halogens is 3. The minimum atomic E-state index is -4.21. The molecule has 0 fully saturated rings. The molecule has 0 saturated heterocycles. The largest absolute Gasteiger partial charge is 0.354 e. The van der Waals surface area contributed by atoms with Crippen molar-refractivity contribution in [2.45, 2.75) is 51.6 Å². The second-order valence-corrected chi connectivity index (χ2v) is 13.2. The van der Waals surface area contributed by atoms with E-state index in [4.69, 9.17) is 34.8 Å². The Hall–Kier alpha value is -2.78. The summed E-state index contributed by atoms with van der Waals surface area (Å²) in [6.45, 7) is 7.26. The molecule has 0 spiro atoms. The fraction of sp³-hybridized carbons (Fsp3) is 0.333. The maximum absolute atomic E-state index is 14.2. The predicted octanol–water partition coefficient (Wildman–Crippen LogP) is 6.73. The van der Waals surface area contributed by atoms with Gasteiger partial charge in [-0.15, -0.1) is 0 Å². The molecule has 3 rings (SSSR count). The van der Waals surface area contributed by atoms with Crippen molar-refractivity contribution in [2.75, 3.05) is 17.4 Å². The number of hydrogen-bond acceptors (Lipinski definition) is 4. The van der Waals surface area contributed by atoms with Crippen molar-refractivity contribution >= 4 is 62.3 Å². The Morgan fingerprint density at radius 2 is 1.51 bits per heavy atom. The Labute approximate surface area is 257 Å². The summed E-state index contributed by atoms with van der Waals surface area (Å²) in [5.41, 5.74) is 1.45. The summed E-state index contributed by atoms with van der Waals surface area (Å²) in [5, 5.41) is 3.94. The van der Waals surface area contributed by atoms with Crippen LogP contribution in [0.15, 0.2) is 71.6 Å². The molecule has 0 aliphatic heterocycles. The van der Waals surface area contributed by atoms with Crippen LogP contribution >= 0.6 is 34.8 Å². The number of sulfonamides is 1. The van der Waals surface area contributed by atoms with Crippen LogP contribution in [0.2, 0.25) is 15.1 Å². The summed E-state index contributed by atoms with van der Waals surface area (Å²) < 4.78 is 29.0. The number of aryl methyl sites for hydroxylation is 1. The van der Waals surface area contributed by atoms with Gasteiger partial charge in [0.1, 0.15) is 12.6 Å². The van der Waals surface area contributed by atoms with Gasteiger partial charge < -0.3 is 10.2 Å². The molecule has 3 aromatic carbocycles. The summed E-state index contributed by atoms with van der Waals surface area (Å²) >= 11 is 18.9. The third kappa shape index (κ3) is 8.16. The fourth-order valence-electron chi connectivity index (χ4n) is 4.29. The van der Waals surface area contributed by atoms with E-state index in [2.05, 4.69) is 5.32 Å². The molecule has 0 heterocycles. The second-order valence-electron chi connectivity index (χ2n) is 10.0. The zero-order chi connectivity index (χ0) is 30.3. The van der Waals surface area contributed by atoms with Gasteiger partial charge in [-0.2, -0.15) is 0 Å². The van der Waals surface area contributed by atoms with Crippen molar-refractivity contribution in [3.8, 4) is 0 Å². The van der Waals surface area contributed by atoms with Crippen molar-refractivity contribution in [2.24, 2.45) is 5.92 Å². The third-order valence-corrected chi connectivity index (χ3v) is 9.26. The van der Waals surface area contributed by atoms with Gasteiger partial charge in [0.25, 0.3) is 10.0 Å². The van der Waals surface area contributed by atoms with Crippen LogP contribution in [0, 0.1) is 12.8 Å². The number of carbonyl (C=O) groups excluding carboxylic acids is 2. The van der Waals surface area contributed by atoms with Gasteiger partial charge in [0, 0.05) is 33.7 Å². The van der Waals surface area contributed by atoms with Crippen LogP contribution in [-0.4, -0.2) is 44.3 Å². The van der Waals surface area contributed by atoms with E-state index in [1.165, 1.54) is 29.2 Å². The highest BCUT2D eigenvalue weighted by Gasteiger charge is 2.34. The minimum Gasteiger partial charge on any atom is -0.354 e. The van der Waals surface area contributed by atoms with Crippen LogP contribution in [0.25, 0.3) is 0 Å². The van der Waals surface area contributed by atoms with Gasteiger partial charge in [-0.25, -0.2) is 8.42 Å². The number of anilines is 1. The average Bonchev–Trinajstić information content (AvgIpc) is 2.92. The zero-order valence-corrected chi connectivity index (χ0v) is 26.5. The van der Waals surface area contributed by atoms with Gasteiger partial charge in [0.2, 0.25) is 11.8 Å². The van der Waals surface area contributed by atoms with Crippen molar-refractivity contribution in [3.05, 3.63) is 92.9 Å². The first kappa shape index (κ1) is 32.7. The topological polar surface area (TPSA) is 86.8 Å². The molecule has 0 aliphatic rings. The van der Waals surface area contributed by atoms with Crippen LogP contribution in [0.4, 0.5) is 5.69 Å². The lowest BCUT2D eigenvalue weighted by molar-refractivity contribution is -0.140. The Kier molecular flexibility index (Phi) is 11.5. The summed E-state index contributed by atoms with van der Waals surface area (Å²) in [5.74, 6) is -0.742. The lowest BCUT2D eigenvalue weighted by Crippen LogP contribution is -2.52. The molecule has 2 amide bonds.